The first-order valence-electron chi connectivity index (χ1n) is 8.60. The number of fused-ring (bicyclic) bond motifs is 1. The van der Waals surface area contributed by atoms with Crippen LogP contribution in [0, 0.1) is 6.92 Å². The molecule has 25 heavy (non-hydrogen) atoms. The van der Waals surface area contributed by atoms with Crippen LogP contribution in [0.4, 0.5) is 0 Å². The summed E-state index contributed by atoms with van der Waals surface area (Å²) in [4.78, 5) is 16.6. The molecular weight excluding hydrogens is 358 g/mol. The van der Waals surface area contributed by atoms with Gasteiger partial charge in [-0.2, -0.15) is 0 Å². The van der Waals surface area contributed by atoms with Gasteiger partial charge in [0.15, 0.2) is 0 Å². The van der Waals surface area contributed by atoms with Gasteiger partial charge in [0.25, 0.3) is 0 Å². The number of thiazole rings is 1. The molecule has 0 radical (unpaired) electrons. The first-order chi connectivity index (χ1) is 11.9. The van der Waals surface area contributed by atoms with Gasteiger partial charge < -0.3 is 5.32 Å². The third-order valence-corrected chi connectivity index (χ3v) is 6.75. The van der Waals surface area contributed by atoms with Crippen molar-refractivity contribution in [3.63, 3.8) is 0 Å². The molecule has 0 spiro atoms. The zero-order valence-corrected chi connectivity index (χ0v) is 15.9. The highest BCUT2D eigenvalue weighted by atomic mass is 32.2. The number of aromatic nitrogens is 1. The summed E-state index contributed by atoms with van der Waals surface area (Å²) in [5.74, 6) is -0.273. The molecule has 1 heterocycles. The van der Waals surface area contributed by atoms with E-state index < -0.39 is 10.0 Å². The minimum Gasteiger partial charge on any atom is -0.352 e. The van der Waals surface area contributed by atoms with Gasteiger partial charge in [0.2, 0.25) is 15.9 Å². The van der Waals surface area contributed by atoms with E-state index in [0.29, 0.717) is 0 Å². The number of nitrogens with zero attached hydrogens (tertiary/aromatic N) is 1. The van der Waals surface area contributed by atoms with E-state index in [0.717, 1.165) is 40.9 Å². The minimum absolute atomic E-state index is 0.158. The van der Waals surface area contributed by atoms with Crippen molar-refractivity contribution in [2.75, 3.05) is 6.54 Å². The third kappa shape index (κ3) is 4.77. The molecule has 136 valence electrons. The summed E-state index contributed by atoms with van der Waals surface area (Å²) in [7, 11) is -3.72. The number of carbonyl (C=O) groups is 1. The van der Waals surface area contributed by atoms with Crippen molar-refractivity contribution in [2.24, 2.45) is 0 Å². The predicted octanol–water partition coefficient (Wildman–Crippen LogP) is 2.72. The van der Waals surface area contributed by atoms with Gasteiger partial charge in [0.05, 0.1) is 26.7 Å². The Morgan fingerprint density at radius 3 is 2.68 bits per heavy atom. The van der Waals surface area contributed by atoms with E-state index in [1.165, 1.54) is 30.2 Å². The van der Waals surface area contributed by atoms with E-state index in [-0.39, 0.29) is 23.4 Å². The largest absolute Gasteiger partial charge is 0.352 e. The van der Waals surface area contributed by atoms with Crippen molar-refractivity contribution in [3.8, 4) is 0 Å². The highest BCUT2D eigenvalue weighted by Gasteiger charge is 2.19. The molecule has 8 heteroatoms. The number of nitrogens with one attached hydrogen (secondary N) is 2. The second-order valence-corrected chi connectivity index (χ2v) is 9.44. The van der Waals surface area contributed by atoms with E-state index in [1.54, 1.807) is 12.1 Å². The van der Waals surface area contributed by atoms with Crippen molar-refractivity contribution in [2.45, 2.75) is 56.4 Å². The van der Waals surface area contributed by atoms with Crippen molar-refractivity contribution in [1.29, 1.82) is 0 Å². The molecular formula is C17H23N3O3S2. The van der Waals surface area contributed by atoms with Crippen molar-refractivity contribution in [3.05, 3.63) is 23.2 Å². The van der Waals surface area contributed by atoms with E-state index in [1.807, 2.05) is 6.92 Å². The molecule has 0 aliphatic heterocycles. The summed E-state index contributed by atoms with van der Waals surface area (Å²) in [5, 5.41) is 3.83. The molecule has 0 atom stereocenters. The lowest BCUT2D eigenvalue weighted by atomic mass is 10.1. The Morgan fingerprint density at radius 1 is 1.24 bits per heavy atom. The van der Waals surface area contributed by atoms with Gasteiger partial charge in [-0.25, -0.2) is 18.1 Å². The first-order valence-corrected chi connectivity index (χ1v) is 10.9. The lowest BCUT2D eigenvalue weighted by molar-refractivity contribution is -0.120. The summed E-state index contributed by atoms with van der Waals surface area (Å²) in [5.41, 5.74) is 0.785. The van der Waals surface area contributed by atoms with Crippen LogP contribution in [-0.2, 0) is 14.8 Å². The molecule has 0 unspecified atom stereocenters. The average Bonchev–Trinajstić information content (AvgIpc) is 2.76. The molecule has 1 aromatic heterocycles. The summed E-state index contributed by atoms with van der Waals surface area (Å²) in [6.45, 7) is 1.65. The molecule has 2 N–H and O–H groups in total. The summed E-state index contributed by atoms with van der Waals surface area (Å²) >= 11 is 1.45. The molecule has 1 aromatic carbocycles. The zero-order chi connectivity index (χ0) is 17.9. The van der Waals surface area contributed by atoms with Gasteiger partial charge in [-0.05, 0) is 38.0 Å². The number of rotatable bonds is 5. The molecule has 6 nitrogen and oxygen atoms in total. The van der Waals surface area contributed by atoms with Crippen molar-refractivity contribution >= 4 is 37.5 Å². The lowest BCUT2D eigenvalue weighted by Crippen LogP contribution is -2.41. The van der Waals surface area contributed by atoms with E-state index in [2.05, 4.69) is 15.0 Å². The first kappa shape index (κ1) is 18.3. The standard InChI is InChI=1S/C17H23N3O3S2/c1-12-19-15-9-8-14(10-16(15)24-12)25(22,23)18-11-17(21)20-13-6-4-2-3-5-7-13/h8-10,13,18H,2-7,11H2,1H3,(H,20,21). The van der Waals surface area contributed by atoms with Crippen molar-refractivity contribution < 1.29 is 13.2 Å². The van der Waals surface area contributed by atoms with Gasteiger partial charge in [-0.1, -0.05) is 25.7 Å². The second-order valence-electron chi connectivity index (χ2n) is 6.44. The zero-order valence-electron chi connectivity index (χ0n) is 14.2. The molecule has 1 aliphatic rings. The van der Waals surface area contributed by atoms with Crippen LogP contribution in [0.5, 0.6) is 0 Å². The SMILES string of the molecule is Cc1nc2ccc(S(=O)(=O)NCC(=O)NC3CCCCCC3)cc2s1. The Bertz CT molecular complexity index is 853. The smallest absolute Gasteiger partial charge is 0.241 e. The Morgan fingerprint density at radius 2 is 1.96 bits per heavy atom. The van der Waals surface area contributed by atoms with Crippen LogP contribution < -0.4 is 10.0 Å². The number of amides is 1. The lowest BCUT2D eigenvalue weighted by Gasteiger charge is -2.16. The molecule has 1 fully saturated rings. The maximum Gasteiger partial charge on any atom is 0.241 e. The molecule has 1 aliphatic carbocycles. The Labute approximate surface area is 152 Å². The van der Waals surface area contributed by atoms with Gasteiger partial charge in [0.1, 0.15) is 0 Å². The molecule has 1 saturated carbocycles. The number of carbonyl (C=O) groups excluding carboxylic acids is 1. The van der Waals surface area contributed by atoms with Crippen LogP contribution in [-0.4, -0.2) is 31.9 Å². The molecule has 1 amide bonds. The highest BCUT2D eigenvalue weighted by molar-refractivity contribution is 7.89. The Hall–Kier alpha value is -1.51. The number of benzene rings is 1. The van der Waals surface area contributed by atoms with Crippen LogP contribution in [0.15, 0.2) is 23.1 Å². The quantitative estimate of drug-likeness (QED) is 0.780. The van der Waals surface area contributed by atoms with Gasteiger partial charge in [-0.3, -0.25) is 4.79 Å². The van der Waals surface area contributed by atoms with Crippen LogP contribution >= 0.6 is 11.3 Å². The van der Waals surface area contributed by atoms with Gasteiger partial charge in [0, 0.05) is 6.04 Å². The number of sulfonamides is 1. The van der Waals surface area contributed by atoms with Gasteiger partial charge >= 0.3 is 0 Å². The number of aryl methyl sites for hydroxylation is 1. The third-order valence-electron chi connectivity index (χ3n) is 4.42. The van der Waals surface area contributed by atoms with Crippen LogP contribution in [0.1, 0.15) is 43.5 Å². The minimum atomic E-state index is -3.72. The summed E-state index contributed by atoms with van der Waals surface area (Å²) < 4.78 is 28.1. The fraction of sp³-hybridized carbons (Fsp3) is 0.529. The van der Waals surface area contributed by atoms with E-state index in [4.69, 9.17) is 0 Å². The summed E-state index contributed by atoms with van der Waals surface area (Å²) in [6.07, 6.45) is 6.59. The topological polar surface area (TPSA) is 88.2 Å². The average molecular weight is 382 g/mol. The fourth-order valence-electron chi connectivity index (χ4n) is 3.13. The highest BCUT2D eigenvalue weighted by Crippen LogP contribution is 2.24. The van der Waals surface area contributed by atoms with Crippen LogP contribution in [0.3, 0.4) is 0 Å². The number of hydrogen-bond donors (Lipinski definition) is 2. The fourth-order valence-corrected chi connectivity index (χ4v) is 5.08. The van der Waals surface area contributed by atoms with E-state index >= 15 is 0 Å². The maximum absolute atomic E-state index is 12.4. The second kappa shape index (κ2) is 7.80. The molecule has 2 aromatic rings. The Kier molecular flexibility index (Phi) is 5.71. The Balaban J connectivity index is 1.61. The molecule has 0 saturated heterocycles. The molecule has 3 rings (SSSR count). The van der Waals surface area contributed by atoms with Crippen LogP contribution in [0.2, 0.25) is 0 Å². The monoisotopic (exact) mass is 381 g/mol. The normalized spacial score (nSPS) is 16.7. The van der Waals surface area contributed by atoms with Crippen LogP contribution in [0.25, 0.3) is 10.2 Å². The van der Waals surface area contributed by atoms with Crippen molar-refractivity contribution in [1.82, 2.24) is 15.0 Å². The maximum atomic E-state index is 12.4. The number of hydrogen-bond acceptors (Lipinski definition) is 5. The summed E-state index contributed by atoms with van der Waals surface area (Å²) in [6, 6.07) is 4.98. The predicted molar refractivity (Wildman–Crippen MR) is 99.2 cm³/mol. The molecule has 0 bridgehead atoms. The van der Waals surface area contributed by atoms with E-state index in [9.17, 15) is 13.2 Å². The van der Waals surface area contributed by atoms with Gasteiger partial charge in [-0.15, -0.1) is 11.3 Å².